The molecule has 4 rings (SSSR count). The van der Waals surface area contributed by atoms with Crippen LogP contribution in [0.5, 0.6) is 0 Å². The zero-order valence-corrected chi connectivity index (χ0v) is 13.8. The summed E-state index contributed by atoms with van der Waals surface area (Å²) in [5, 5.41) is 6.17. The number of likely N-dealkylation sites (tertiary alicyclic amines) is 1. The summed E-state index contributed by atoms with van der Waals surface area (Å²) in [6, 6.07) is 5.94. The van der Waals surface area contributed by atoms with E-state index in [0.29, 0.717) is 0 Å². The molecule has 6 heteroatoms. The van der Waals surface area contributed by atoms with E-state index < -0.39 is 0 Å². The van der Waals surface area contributed by atoms with Crippen molar-refractivity contribution in [3.63, 3.8) is 0 Å². The Bertz CT molecular complexity index is 853. The molecular weight excluding hydrogens is 308 g/mol. The lowest BCUT2D eigenvalue weighted by Gasteiger charge is -2.35. The van der Waals surface area contributed by atoms with Crippen molar-refractivity contribution in [3.05, 3.63) is 52.1 Å². The van der Waals surface area contributed by atoms with Crippen LogP contribution in [-0.4, -0.2) is 31.9 Å². The van der Waals surface area contributed by atoms with E-state index in [1.54, 1.807) is 10.7 Å². The fourth-order valence-electron chi connectivity index (χ4n) is 3.22. The van der Waals surface area contributed by atoms with Gasteiger partial charge in [-0.1, -0.05) is 0 Å². The van der Waals surface area contributed by atoms with Crippen LogP contribution in [0.4, 0.5) is 0 Å². The Labute approximate surface area is 138 Å². The fraction of sp³-hybridized carbons (Fsp3) is 0.353. The monoisotopic (exact) mass is 326 g/mol. The highest BCUT2D eigenvalue weighted by Crippen LogP contribution is 2.32. The van der Waals surface area contributed by atoms with Crippen molar-refractivity contribution >= 4 is 22.9 Å². The summed E-state index contributed by atoms with van der Waals surface area (Å²) in [5.74, 6) is 0.136. The number of rotatable bonds is 2. The highest BCUT2D eigenvalue weighted by atomic mass is 32.1. The summed E-state index contributed by atoms with van der Waals surface area (Å²) >= 11 is 1.53. The molecular formula is C17H18N4OS. The van der Waals surface area contributed by atoms with Gasteiger partial charge in [0.1, 0.15) is 0 Å². The van der Waals surface area contributed by atoms with Gasteiger partial charge in [0, 0.05) is 18.8 Å². The number of carbonyl (C=O) groups is 1. The van der Waals surface area contributed by atoms with Gasteiger partial charge in [-0.15, -0.1) is 11.3 Å². The first-order valence-electron chi connectivity index (χ1n) is 7.89. The van der Waals surface area contributed by atoms with Crippen molar-refractivity contribution in [3.8, 4) is 0 Å². The maximum Gasteiger partial charge on any atom is 0.264 e. The predicted molar refractivity (Wildman–Crippen MR) is 89.7 cm³/mol. The van der Waals surface area contributed by atoms with Gasteiger partial charge >= 0.3 is 0 Å². The molecule has 0 bridgehead atoms. The normalized spacial score (nSPS) is 18.5. The minimum absolute atomic E-state index is 0.0534. The first-order chi connectivity index (χ1) is 11.2. The molecule has 1 atom stereocenters. The maximum absolute atomic E-state index is 13.0. The number of amides is 1. The lowest BCUT2D eigenvalue weighted by atomic mass is 9.98. The quantitative estimate of drug-likeness (QED) is 0.724. The number of hydrogen-bond donors (Lipinski definition) is 0. The summed E-state index contributed by atoms with van der Waals surface area (Å²) in [7, 11) is 0. The molecule has 0 radical (unpaired) electrons. The average molecular weight is 326 g/mol. The van der Waals surface area contributed by atoms with Crippen molar-refractivity contribution in [2.24, 2.45) is 0 Å². The molecule has 0 aliphatic carbocycles. The summed E-state index contributed by atoms with van der Waals surface area (Å²) < 4.78 is 1.75. The Morgan fingerprint density at radius 2 is 2.22 bits per heavy atom. The van der Waals surface area contributed by atoms with Crippen LogP contribution < -0.4 is 0 Å². The summed E-state index contributed by atoms with van der Waals surface area (Å²) in [4.78, 5) is 20.5. The molecule has 3 aromatic rings. The van der Waals surface area contributed by atoms with Gasteiger partial charge in [0.05, 0.1) is 22.8 Å². The SMILES string of the molecule is Cc1ccsc1C(=O)N1CCCCC1c1ccn2nccc2n1. The second-order valence-electron chi connectivity index (χ2n) is 5.93. The number of fused-ring (bicyclic) bond motifs is 1. The Balaban J connectivity index is 1.70. The third kappa shape index (κ3) is 2.53. The largest absolute Gasteiger partial charge is 0.329 e. The molecule has 1 aliphatic rings. The molecule has 23 heavy (non-hydrogen) atoms. The minimum Gasteiger partial charge on any atom is -0.329 e. The Hall–Kier alpha value is -2.21. The van der Waals surface area contributed by atoms with Crippen LogP contribution in [-0.2, 0) is 0 Å². The van der Waals surface area contributed by atoms with E-state index in [9.17, 15) is 4.79 Å². The third-order valence-electron chi connectivity index (χ3n) is 4.44. The van der Waals surface area contributed by atoms with Crippen molar-refractivity contribution < 1.29 is 4.79 Å². The van der Waals surface area contributed by atoms with Crippen molar-refractivity contribution in [1.82, 2.24) is 19.5 Å². The lowest BCUT2D eigenvalue weighted by molar-refractivity contribution is 0.0610. The molecule has 0 N–H and O–H groups in total. The summed E-state index contributed by atoms with van der Waals surface area (Å²) in [6.45, 7) is 2.80. The number of hydrogen-bond acceptors (Lipinski definition) is 4. The Kier molecular flexibility index (Phi) is 3.61. The van der Waals surface area contributed by atoms with E-state index in [1.807, 2.05) is 41.6 Å². The van der Waals surface area contributed by atoms with Gasteiger partial charge in [0.25, 0.3) is 5.91 Å². The molecule has 1 amide bonds. The number of piperidine rings is 1. The van der Waals surface area contributed by atoms with E-state index >= 15 is 0 Å². The molecule has 118 valence electrons. The number of thiophene rings is 1. The van der Waals surface area contributed by atoms with Crippen LogP contribution in [0.2, 0.25) is 0 Å². The van der Waals surface area contributed by atoms with Gasteiger partial charge < -0.3 is 4.90 Å². The Morgan fingerprint density at radius 1 is 1.30 bits per heavy atom. The molecule has 3 aromatic heterocycles. The van der Waals surface area contributed by atoms with Gasteiger partial charge in [-0.3, -0.25) is 4.79 Å². The van der Waals surface area contributed by atoms with Crippen LogP contribution >= 0.6 is 11.3 Å². The fourth-order valence-corrected chi connectivity index (χ4v) is 4.10. The van der Waals surface area contributed by atoms with Crippen LogP contribution in [0.15, 0.2) is 36.0 Å². The highest BCUT2D eigenvalue weighted by Gasteiger charge is 2.30. The van der Waals surface area contributed by atoms with E-state index in [-0.39, 0.29) is 11.9 Å². The van der Waals surface area contributed by atoms with Crippen LogP contribution in [0.25, 0.3) is 5.65 Å². The standard InChI is InChI=1S/C17H18N4OS/c1-12-7-11-23-16(12)17(22)20-9-3-2-4-14(20)13-6-10-21-15(19-13)5-8-18-21/h5-8,10-11,14H,2-4,9H2,1H3. The summed E-state index contributed by atoms with van der Waals surface area (Å²) in [6.07, 6.45) is 6.81. The molecule has 4 heterocycles. The molecule has 1 fully saturated rings. The van der Waals surface area contributed by atoms with E-state index in [1.165, 1.54) is 11.3 Å². The van der Waals surface area contributed by atoms with E-state index in [2.05, 4.69) is 5.10 Å². The molecule has 0 saturated carbocycles. The smallest absolute Gasteiger partial charge is 0.264 e. The third-order valence-corrected chi connectivity index (χ3v) is 5.45. The highest BCUT2D eigenvalue weighted by molar-refractivity contribution is 7.12. The molecule has 0 aromatic carbocycles. The van der Waals surface area contributed by atoms with Gasteiger partial charge in [0.15, 0.2) is 5.65 Å². The van der Waals surface area contributed by atoms with E-state index in [4.69, 9.17) is 4.98 Å². The lowest BCUT2D eigenvalue weighted by Crippen LogP contribution is -2.38. The van der Waals surface area contributed by atoms with Crippen LogP contribution in [0.1, 0.15) is 46.2 Å². The van der Waals surface area contributed by atoms with Crippen LogP contribution in [0.3, 0.4) is 0 Å². The molecule has 0 spiro atoms. The number of carbonyl (C=O) groups excluding carboxylic acids is 1. The van der Waals surface area contributed by atoms with Gasteiger partial charge in [-0.2, -0.15) is 5.10 Å². The molecule has 5 nitrogen and oxygen atoms in total. The second-order valence-corrected chi connectivity index (χ2v) is 6.85. The zero-order chi connectivity index (χ0) is 15.8. The Morgan fingerprint density at radius 3 is 3.04 bits per heavy atom. The topological polar surface area (TPSA) is 50.5 Å². The molecule has 1 aliphatic heterocycles. The van der Waals surface area contributed by atoms with Crippen molar-refractivity contribution in [2.75, 3.05) is 6.54 Å². The van der Waals surface area contributed by atoms with Crippen LogP contribution in [0, 0.1) is 6.92 Å². The molecule has 1 saturated heterocycles. The minimum atomic E-state index is 0.0534. The van der Waals surface area contributed by atoms with Crippen molar-refractivity contribution in [1.29, 1.82) is 0 Å². The van der Waals surface area contributed by atoms with Gasteiger partial charge in [-0.05, 0) is 49.3 Å². The summed E-state index contributed by atoms with van der Waals surface area (Å²) in [5.41, 5.74) is 2.84. The van der Waals surface area contributed by atoms with Crippen molar-refractivity contribution in [2.45, 2.75) is 32.2 Å². The van der Waals surface area contributed by atoms with Gasteiger partial charge in [0.2, 0.25) is 0 Å². The van der Waals surface area contributed by atoms with Gasteiger partial charge in [-0.25, -0.2) is 9.50 Å². The maximum atomic E-state index is 13.0. The predicted octanol–water partition coefficient (Wildman–Crippen LogP) is 3.47. The number of aryl methyl sites for hydroxylation is 1. The first-order valence-corrected chi connectivity index (χ1v) is 8.77. The first kappa shape index (κ1) is 14.4. The average Bonchev–Trinajstić information content (AvgIpc) is 3.22. The molecule has 1 unspecified atom stereocenters. The van der Waals surface area contributed by atoms with E-state index in [0.717, 1.165) is 47.6 Å². The number of aromatic nitrogens is 3. The second kappa shape index (κ2) is 5.77. The zero-order valence-electron chi connectivity index (χ0n) is 13.0. The number of nitrogens with zero attached hydrogens (tertiary/aromatic N) is 4.